The predicted molar refractivity (Wildman–Crippen MR) is 101 cm³/mol. The van der Waals surface area contributed by atoms with E-state index in [4.69, 9.17) is 4.42 Å². The average molecular weight is 383 g/mol. The summed E-state index contributed by atoms with van der Waals surface area (Å²) < 4.78 is 5.72. The maximum Gasteiger partial charge on any atom is 0.325 e. The Bertz CT molecular complexity index is 907. The van der Waals surface area contributed by atoms with Crippen molar-refractivity contribution in [3.63, 3.8) is 0 Å². The van der Waals surface area contributed by atoms with Gasteiger partial charge in [0.1, 0.15) is 5.54 Å². The number of aromatic nitrogens is 2. The van der Waals surface area contributed by atoms with Crippen LogP contribution in [0.5, 0.6) is 0 Å². The van der Waals surface area contributed by atoms with E-state index in [0.29, 0.717) is 24.7 Å². The summed E-state index contributed by atoms with van der Waals surface area (Å²) in [4.78, 5) is 28.0. The standard InChI is InChI=1S/C20H25N5O3/c1-13-22-23-17(28-13)16-11-14-7-4-5-8-15(14)12-24(16)9-6-10-25-18(26)20(2,3)21-19(25)27/h4-5,7-8,16H,6,9-12H2,1-3H3,(H,21,27). The Morgan fingerprint density at radius 3 is 2.57 bits per heavy atom. The molecule has 2 aromatic rings. The van der Waals surface area contributed by atoms with Gasteiger partial charge in [-0.15, -0.1) is 10.2 Å². The van der Waals surface area contributed by atoms with Gasteiger partial charge in [0.15, 0.2) is 0 Å². The highest BCUT2D eigenvalue weighted by atomic mass is 16.4. The van der Waals surface area contributed by atoms with Crippen LogP contribution in [0.2, 0.25) is 0 Å². The largest absolute Gasteiger partial charge is 0.424 e. The van der Waals surface area contributed by atoms with Crippen molar-refractivity contribution in [1.82, 2.24) is 25.3 Å². The van der Waals surface area contributed by atoms with Gasteiger partial charge in [0.2, 0.25) is 11.8 Å². The van der Waals surface area contributed by atoms with Crippen molar-refractivity contribution in [2.24, 2.45) is 0 Å². The monoisotopic (exact) mass is 383 g/mol. The van der Waals surface area contributed by atoms with Crippen LogP contribution >= 0.6 is 0 Å². The predicted octanol–water partition coefficient (Wildman–Crippen LogP) is 2.20. The van der Waals surface area contributed by atoms with Gasteiger partial charge < -0.3 is 9.73 Å². The molecule has 0 saturated carbocycles. The van der Waals surface area contributed by atoms with Gasteiger partial charge in [-0.05, 0) is 37.8 Å². The first kappa shape index (κ1) is 18.6. The maximum atomic E-state index is 12.4. The molecular weight excluding hydrogens is 358 g/mol. The molecule has 1 unspecified atom stereocenters. The van der Waals surface area contributed by atoms with Crippen LogP contribution in [-0.2, 0) is 17.8 Å². The molecule has 1 atom stereocenters. The first-order valence-corrected chi connectivity index (χ1v) is 9.60. The Morgan fingerprint density at radius 2 is 1.93 bits per heavy atom. The molecule has 2 aliphatic rings. The minimum Gasteiger partial charge on any atom is -0.424 e. The number of carbonyl (C=O) groups excluding carboxylic acids is 2. The summed E-state index contributed by atoms with van der Waals surface area (Å²) in [6.45, 7) is 7.12. The number of hydrogen-bond donors (Lipinski definition) is 1. The summed E-state index contributed by atoms with van der Waals surface area (Å²) in [6.07, 6.45) is 1.48. The van der Waals surface area contributed by atoms with Gasteiger partial charge in [-0.3, -0.25) is 14.6 Å². The third-order valence-electron chi connectivity index (χ3n) is 5.44. The zero-order valence-electron chi connectivity index (χ0n) is 16.4. The summed E-state index contributed by atoms with van der Waals surface area (Å²) >= 11 is 0. The lowest BCUT2D eigenvalue weighted by Gasteiger charge is -2.35. The number of amides is 3. The van der Waals surface area contributed by atoms with Crippen molar-refractivity contribution in [2.45, 2.75) is 51.7 Å². The molecular formula is C20H25N5O3. The summed E-state index contributed by atoms with van der Waals surface area (Å²) in [5.74, 6) is 0.990. The van der Waals surface area contributed by atoms with Gasteiger partial charge in [-0.25, -0.2) is 4.79 Å². The second-order valence-corrected chi connectivity index (χ2v) is 7.98. The first-order valence-electron chi connectivity index (χ1n) is 9.60. The fourth-order valence-corrected chi connectivity index (χ4v) is 3.96. The van der Waals surface area contributed by atoms with E-state index in [0.717, 1.165) is 19.5 Å². The molecule has 1 fully saturated rings. The molecule has 3 amide bonds. The van der Waals surface area contributed by atoms with Crippen molar-refractivity contribution >= 4 is 11.9 Å². The molecule has 0 spiro atoms. The van der Waals surface area contributed by atoms with E-state index in [1.54, 1.807) is 20.8 Å². The Labute approximate surface area is 163 Å². The second kappa shape index (κ2) is 7.01. The smallest absolute Gasteiger partial charge is 0.325 e. The summed E-state index contributed by atoms with van der Waals surface area (Å²) in [7, 11) is 0. The number of nitrogens with zero attached hydrogens (tertiary/aromatic N) is 4. The van der Waals surface area contributed by atoms with Crippen LogP contribution in [0, 0.1) is 6.92 Å². The molecule has 1 aromatic carbocycles. The molecule has 0 radical (unpaired) electrons. The normalized spacial score (nSPS) is 21.7. The van der Waals surface area contributed by atoms with Crippen LogP contribution < -0.4 is 5.32 Å². The molecule has 148 valence electrons. The van der Waals surface area contributed by atoms with Crippen molar-refractivity contribution in [3.8, 4) is 0 Å². The summed E-state index contributed by atoms with van der Waals surface area (Å²) in [6, 6.07) is 8.04. The highest BCUT2D eigenvalue weighted by Crippen LogP contribution is 2.32. The third kappa shape index (κ3) is 3.40. The van der Waals surface area contributed by atoms with Crippen LogP contribution in [0.15, 0.2) is 28.7 Å². The average Bonchev–Trinajstić information content (AvgIpc) is 3.17. The molecule has 28 heavy (non-hydrogen) atoms. The maximum absolute atomic E-state index is 12.4. The van der Waals surface area contributed by atoms with Gasteiger partial charge in [0.25, 0.3) is 5.91 Å². The van der Waals surface area contributed by atoms with E-state index in [1.165, 1.54) is 16.0 Å². The summed E-state index contributed by atoms with van der Waals surface area (Å²) in [5.41, 5.74) is 1.74. The molecule has 0 bridgehead atoms. The lowest BCUT2D eigenvalue weighted by molar-refractivity contribution is -0.130. The highest BCUT2D eigenvalue weighted by Gasteiger charge is 2.44. The lowest BCUT2D eigenvalue weighted by Crippen LogP contribution is -2.41. The van der Waals surface area contributed by atoms with E-state index in [-0.39, 0.29) is 18.0 Å². The Hall–Kier alpha value is -2.74. The van der Waals surface area contributed by atoms with Crippen molar-refractivity contribution in [1.29, 1.82) is 0 Å². The minimum atomic E-state index is -0.828. The van der Waals surface area contributed by atoms with E-state index in [9.17, 15) is 9.59 Å². The number of hydrogen-bond acceptors (Lipinski definition) is 6. The molecule has 4 rings (SSSR count). The van der Waals surface area contributed by atoms with Crippen LogP contribution in [0.25, 0.3) is 0 Å². The molecule has 2 aliphatic heterocycles. The highest BCUT2D eigenvalue weighted by molar-refractivity contribution is 6.06. The van der Waals surface area contributed by atoms with E-state index in [1.807, 2.05) is 12.1 Å². The van der Waals surface area contributed by atoms with E-state index >= 15 is 0 Å². The molecule has 1 saturated heterocycles. The Kier molecular flexibility index (Phi) is 4.66. The van der Waals surface area contributed by atoms with Gasteiger partial charge in [0.05, 0.1) is 6.04 Å². The summed E-state index contributed by atoms with van der Waals surface area (Å²) in [5, 5.41) is 10.9. The fraction of sp³-hybridized carbons (Fsp3) is 0.500. The van der Waals surface area contributed by atoms with Gasteiger partial charge in [-0.1, -0.05) is 24.3 Å². The Morgan fingerprint density at radius 1 is 1.18 bits per heavy atom. The van der Waals surface area contributed by atoms with Crippen molar-refractivity contribution in [3.05, 3.63) is 47.2 Å². The number of rotatable bonds is 5. The topological polar surface area (TPSA) is 91.6 Å². The molecule has 8 nitrogen and oxygen atoms in total. The van der Waals surface area contributed by atoms with Crippen LogP contribution in [0.4, 0.5) is 4.79 Å². The lowest BCUT2D eigenvalue weighted by atomic mass is 9.93. The van der Waals surface area contributed by atoms with Gasteiger partial charge in [-0.2, -0.15) is 0 Å². The van der Waals surface area contributed by atoms with Gasteiger partial charge >= 0.3 is 6.03 Å². The van der Waals surface area contributed by atoms with E-state index in [2.05, 4.69) is 32.5 Å². The number of aryl methyl sites for hydroxylation is 1. The van der Waals surface area contributed by atoms with Gasteiger partial charge in [0, 0.05) is 26.6 Å². The number of fused-ring (bicyclic) bond motifs is 1. The second-order valence-electron chi connectivity index (χ2n) is 7.98. The first-order chi connectivity index (χ1) is 13.3. The number of nitrogens with one attached hydrogen (secondary N) is 1. The van der Waals surface area contributed by atoms with Crippen LogP contribution in [0.3, 0.4) is 0 Å². The van der Waals surface area contributed by atoms with Crippen molar-refractivity contribution in [2.75, 3.05) is 13.1 Å². The molecule has 0 aliphatic carbocycles. The zero-order chi connectivity index (χ0) is 19.9. The van der Waals surface area contributed by atoms with E-state index < -0.39 is 5.54 Å². The molecule has 1 aromatic heterocycles. The minimum absolute atomic E-state index is 0.00403. The van der Waals surface area contributed by atoms with Crippen LogP contribution in [0.1, 0.15) is 49.2 Å². The Balaban J connectivity index is 1.47. The number of imide groups is 1. The SMILES string of the molecule is Cc1nnc(C2Cc3ccccc3CN2CCCN2C(=O)NC(C)(C)C2=O)o1. The van der Waals surface area contributed by atoms with Crippen molar-refractivity contribution < 1.29 is 14.0 Å². The number of carbonyl (C=O) groups is 2. The quantitative estimate of drug-likeness (QED) is 0.796. The fourth-order valence-electron chi connectivity index (χ4n) is 3.96. The molecule has 1 N–H and O–H groups in total. The van der Waals surface area contributed by atoms with Crippen LogP contribution in [-0.4, -0.2) is 50.6 Å². The zero-order valence-corrected chi connectivity index (χ0v) is 16.4. The number of urea groups is 1. The third-order valence-corrected chi connectivity index (χ3v) is 5.44. The molecule has 8 heteroatoms. The number of benzene rings is 1. The molecule has 3 heterocycles.